The van der Waals surface area contributed by atoms with Crippen molar-refractivity contribution in [2.45, 2.75) is 33.3 Å². The fourth-order valence-electron chi connectivity index (χ4n) is 2.64. The molecular formula is C18H20FNO2. The summed E-state index contributed by atoms with van der Waals surface area (Å²) in [7, 11) is 0. The van der Waals surface area contributed by atoms with E-state index in [2.05, 4.69) is 18.8 Å². The van der Waals surface area contributed by atoms with Gasteiger partial charge in [-0.25, -0.2) is 4.39 Å². The van der Waals surface area contributed by atoms with Crippen LogP contribution in [0.25, 0.3) is 11.1 Å². The molecule has 0 amide bonds. The first kappa shape index (κ1) is 14.8. The van der Waals surface area contributed by atoms with E-state index in [0.29, 0.717) is 30.4 Å². The Morgan fingerprint density at radius 3 is 3.00 bits per heavy atom. The van der Waals surface area contributed by atoms with Gasteiger partial charge in [0.2, 0.25) is 0 Å². The van der Waals surface area contributed by atoms with Crippen molar-refractivity contribution in [3.63, 3.8) is 0 Å². The highest BCUT2D eigenvalue weighted by Gasteiger charge is 2.21. The van der Waals surface area contributed by atoms with Crippen LogP contribution >= 0.6 is 0 Å². The molecule has 4 heteroatoms. The molecule has 0 fully saturated rings. The highest BCUT2D eigenvalue weighted by atomic mass is 19.1. The standard InChI is InChI=1S/C18H20FNO2/c1-12(2)4-3-7-21-14-5-6-15-17(8-14)22-11-13-9-20-10-16(19)18(13)15/h5-6,8-10,12H,3-4,7,11H2,1-2H3. The van der Waals surface area contributed by atoms with Crippen LogP contribution in [0.1, 0.15) is 32.3 Å². The Bertz CT molecular complexity index is 670. The zero-order valence-electron chi connectivity index (χ0n) is 12.9. The van der Waals surface area contributed by atoms with Gasteiger partial charge in [-0.2, -0.15) is 0 Å². The summed E-state index contributed by atoms with van der Waals surface area (Å²) in [6.45, 7) is 5.43. The molecule has 0 N–H and O–H groups in total. The number of halogens is 1. The van der Waals surface area contributed by atoms with E-state index >= 15 is 0 Å². The van der Waals surface area contributed by atoms with Crippen molar-refractivity contribution in [1.82, 2.24) is 4.98 Å². The van der Waals surface area contributed by atoms with Gasteiger partial charge in [-0.3, -0.25) is 4.98 Å². The monoisotopic (exact) mass is 301 g/mol. The number of aromatic nitrogens is 1. The van der Waals surface area contributed by atoms with E-state index in [1.807, 2.05) is 18.2 Å². The molecule has 22 heavy (non-hydrogen) atoms. The van der Waals surface area contributed by atoms with Crippen molar-refractivity contribution in [1.29, 1.82) is 0 Å². The molecule has 116 valence electrons. The number of pyridine rings is 1. The molecule has 1 aliphatic heterocycles. The maximum atomic E-state index is 14.0. The molecule has 1 aromatic heterocycles. The Labute approximate surface area is 130 Å². The van der Waals surface area contributed by atoms with Gasteiger partial charge in [0.25, 0.3) is 0 Å². The summed E-state index contributed by atoms with van der Waals surface area (Å²) >= 11 is 0. The van der Waals surface area contributed by atoms with Gasteiger partial charge in [0.1, 0.15) is 23.9 Å². The molecule has 1 aliphatic rings. The summed E-state index contributed by atoms with van der Waals surface area (Å²) in [5.74, 6) is 1.80. The zero-order chi connectivity index (χ0) is 15.5. The molecule has 3 nitrogen and oxygen atoms in total. The van der Waals surface area contributed by atoms with Gasteiger partial charge in [-0.1, -0.05) is 13.8 Å². The summed E-state index contributed by atoms with van der Waals surface area (Å²) < 4.78 is 25.5. The minimum Gasteiger partial charge on any atom is -0.493 e. The largest absolute Gasteiger partial charge is 0.493 e. The van der Waals surface area contributed by atoms with E-state index in [1.54, 1.807) is 6.20 Å². The second-order valence-electron chi connectivity index (χ2n) is 5.99. The first-order chi connectivity index (χ1) is 10.6. The van der Waals surface area contributed by atoms with Crippen LogP contribution in [0, 0.1) is 11.7 Å². The fourth-order valence-corrected chi connectivity index (χ4v) is 2.64. The quantitative estimate of drug-likeness (QED) is 0.757. The van der Waals surface area contributed by atoms with Gasteiger partial charge < -0.3 is 9.47 Å². The smallest absolute Gasteiger partial charge is 0.149 e. The lowest BCUT2D eigenvalue weighted by Gasteiger charge is -2.21. The van der Waals surface area contributed by atoms with Crippen LogP contribution in [0.3, 0.4) is 0 Å². The highest BCUT2D eigenvalue weighted by Crippen LogP contribution is 2.40. The molecule has 1 aromatic carbocycles. The third-order valence-electron chi connectivity index (χ3n) is 3.78. The van der Waals surface area contributed by atoms with Crippen molar-refractivity contribution in [3.05, 3.63) is 42.0 Å². The second kappa shape index (κ2) is 6.34. The average Bonchev–Trinajstić information content (AvgIpc) is 2.51. The van der Waals surface area contributed by atoms with E-state index in [9.17, 15) is 4.39 Å². The van der Waals surface area contributed by atoms with Crippen LogP contribution in [-0.4, -0.2) is 11.6 Å². The van der Waals surface area contributed by atoms with Gasteiger partial charge in [0.15, 0.2) is 0 Å². The molecule has 2 heterocycles. The van der Waals surface area contributed by atoms with Gasteiger partial charge >= 0.3 is 0 Å². The van der Waals surface area contributed by atoms with Crippen molar-refractivity contribution in [2.24, 2.45) is 5.92 Å². The number of nitrogens with zero attached hydrogens (tertiary/aromatic N) is 1. The molecule has 0 atom stereocenters. The van der Waals surface area contributed by atoms with Crippen molar-refractivity contribution in [3.8, 4) is 22.6 Å². The number of rotatable bonds is 5. The molecule has 0 saturated heterocycles. The number of hydrogen-bond acceptors (Lipinski definition) is 3. The molecule has 0 bridgehead atoms. The third-order valence-corrected chi connectivity index (χ3v) is 3.78. The number of hydrogen-bond donors (Lipinski definition) is 0. The zero-order valence-corrected chi connectivity index (χ0v) is 12.9. The maximum Gasteiger partial charge on any atom is 0.149 e. The van der Waals surface area contributed by atoms with Crippen LogP contribution < -0.4 is 9.47 Å². The van der Waals surface area contributed by atoms with E-state index in [1.165, 1.54) is 6.20 Å². The van der Waals surface area contributed by atoms with Gasteiger partial charge in [0.05, 0.1) is 12.8 Å². The predicted octanol–water partition coefficient (Wildman–Crippen LogP) is 4.60. The molecule has 2 aromatic rings. The summed E-state index contributed by atoms with van der Waals surface area (Å²) in [6.07, 6.45) is 5.06. The maximum absolute atomic E-state index is 14.0. The number of fused-ring (bicyclic) bond motifs is 3. The van der Waals surface area contributed by atoms with Gasteiger partial charge in [-0.05, 0) is 30.9 Å². The lowest BCUT2D eigenvalue weighted by Crippen LogP contribution is -2.08. The normalized spacial score (nSPS) is 12.5. The molecular weight excluding hydrogens is 281 g/mol. The molecule has 0 saturated carbocycles. The summed E-state index contributed by atoms with van der Waals surface area (Å²) in [5.41, 5.74) is 2.12. The first-order valence-corrected chi connectivity index (χ1v) is 7.67. The number of ether oxygens (including phenoxy) is 2. The van der Waals surface area contributed by atoms with E-state index in [4.69, 9.17) is 9.47 Å². The lowest BCUT2D eigenvalue weighted by molar-refractivity contribution is 0.284. The first-order valence-electron chi connectivity index (χ1n) is 7.67. The molecule has 0 aliphatic carbocycles. The summed E-state index contributed by atoms with van der Waals surface area (Å²) in [6, 6.07) is 5.56. The van der Waals surface area contributed by atoms with Crippen LogP contribution in [0.15, 0.2) is 30.6 Å². The molecule has 0 radical (unpaired) electrons. The molecule has 0 spiro atoms. The number of benzene rings is 1. The van der Waals surface area contributed by atoms with Crippen LogP contribution in [0.2, 0.25) is 0 Å². The van der Waals surface area contributed by atoms with E-state index in [0.717, 1.165) is 29.7 Å². The Morgan fingerprint density at radius 1 is 1.32 bits per heavy atom. The second-order valence-corrected chi connectivity index (χ2v) is 5.99. The van der Waals surface area contributed by atoms with Gasteiger partial charge in [-0.15, -0.1) is 0 Å². The summed E-state index contributed by atoms with van der Waals surface area (Å²) in [4.78, 5) is 3.87. The van der Waals surface area contributed by atoms with Crippen molar-refractivity contribution >= 4 is 0 Å². The fraction of sp³-hybridized carbons (Fsp3) is 0.389. The minimum atomic E-state index is -0.312. The Balaban J connectivity index is 1.77. The lowest BCUT2D eigenvalue weighted by atomic mass is 9.98. The minimum absolute atomic E-state index is 0.312. The Hall–Kier alpha value is -2.10. The SMILES string of the molecule is CC(C)CCCOc1ccc2c(c1)OCc1cncc(F)c1-2. The van der Waals surface area contributed by atoms with Crippen LogP contribution in [0.5, 0.6) is 11.5 Å². The van der Waals surface area contributed by atoms with Crippen LogP contribution in [-0.2, 0) is 6.61 Å². The highest BCUT2D eigenvalue weighted by molar-refractivity contribution is 5.75. The van der Waals surface area contributed by atoms with Crippen molar-refractivity contribution in [2.75, 3.05) is 6.61 Å². The summed E-state index contributed by atoms with van der Waals surface area (Å²) in [5, 5.41) is 0. The van der Waals surface area contributed by atoms with Gasteiger partial charge in [0, 0.05) is 29.0 Å². The molecule has 0 unspecified atom stereocenters. The van der Waals surface area contributed by atoms with Crippen molar-refractivity contribution < 1.29 is 13.9 Å². The molecule has 3 rings (SSSR count). The average molecular weight is 301 g/mol. The van der Waals surface area contributed by atoms with Crippen LogP contribution in [0.4, 0.5) is 4.39 Å². The topological polar surface area (TPSA) is 31.4 Å². The van der Waals surface area contributed by atoms with E-state index in [-0.39, 0.29) is 5.82 Å². The predicted molar refractivity (Wildman–Crippen MR) is 83.5 cm³/mol. The van der Waals surface area contributed by atoms with E-state index < -0.39 is 0 Å². The third kappa shape index (κ3) is 3.06. The Kier molecular flexibility index (Phi) is 4.27. The Morgan fingerprint density at radius 2 is 2.18 bits per heavy atom.